The van der Waals surface area contributed by atoms with Crippen molar-refractivity contribution in [2.24, 2.45) is 0 Å². The molecule has 0 radical (unpaired) electrons. The Morgan fingerprint density at radius 2 is 1.85 bits per heavy atom. The summed E-state index contributed by atoms with van der Waals surface area (Å²) in [6, 6.07) is -1.01. The van der Waals surface area contributed by atoms with Crippen LogP contribution in [0.15, 0.2) is 0 Å². The predicted molar refractivity (Wildman–Crippen MR) is 98.8 cm³/mol. The Balaban J connectivity index is 1.55. The van der Waals surface area contributed by atoms with E-state index < -0.39 is 15.1 Å². The van der Waals surface area contributed by atoms with Crippen molar-refractivity contribution in [3.8, 4) is 0 Å². The van der Waals surface area contributed by atoms with Gasteiger partial charge in [-0.05, 0) is 25.7 Å². The highest BCUT2D eigenvalue weighted by Crippen LogP contribution is 2.28. The Hall–Kier alpha value is -1.84. The van der Waals surface area contributed by atoms with Gasteiger partial charge < -0.3 is 20.7 Å². The fourth-order valence-corrected chi connectivity index (χ4v) is 5.89. The summed E-state index contributed by atoms with van der Waals surface area (Å²) in [7, 11) is -1.85. The maximum Gasteiger partial charge on any atom is 0.315 e. The van der Waals surface area contributed by atoms with E-state index in [1.165, 1.54) is 7.11 Å². The molecule has 154 valence electrons. The van der Waals surface area contributed by atoms with E-state index >= 15 is 0 Å². The third kappa shape index (κ3) is 6.37. The molecule has 0 spiro atoms. The number of methoxy groups -OCH3 is 1. The van der Waals surface area contributed by atoms with Crippen molar-refractivity contribution in [3.63, 3.8) is 0 Å². The number of nitrogens with one attached hydrogen (secondary N) is 3. The minimum atomic E-state index is -3.21. The SMILES string of the molecule is COC(=O)CCCCCNC(=O)CCCCC1C2NC(=O)NC2CS1(=O)=O. The number of urea groups is 1. The van der Waals surface area contributed by atoms with Crippen LogP contribution in [0.25, 0.3) is 0 Å². The molecule has 0 aromatic rings. The smallest absolute Gasteiger partial charge is 0.315 e. The molecule has 10 heteroatoms. The van der Waals surface area contributed by atoms with Gasteiger partial charge in [-0.2, -0.15) is 0 Å². The van der Waals surface area contributed by atoms with Crippen LogP contribution in [-0.2, 0) is 24.2 Å². The van der Waals surface area contributed by atoms with Gasteiger partial charge in [0, 0.05) is 19.4 Å². The van der Waals surface area contributed by atoms with Gasteiger partial charge in [-0.1, -0.05) is 12.8 Å². The first-order valence-electron chi connectivity index (χ1n) is 9.45. The Morgan fingerprint density at radius 1 is 1.11 bits per heavy atom. The van der Waals surface area contributed by atoms with Crippen LogP contribution in [0.5, 0.6) is 0 Å². The van der Waals surface area contributed by atoms with E-state index in [1.54, 1.807) is 0 Å². The molecule has 0 aromatic carbocycles. The molecule has 3 N–H and O–H groups in total. The van der Waals surface area contributed by atoms with E-state index in [0.29, 0.717) is 38.6 Å². The van der Waals surface area contributed by atoms with Gasteiger partial charge >= 0.3 is 12.0 Å². The molecule has 0 aliphatic carbocycles. The zero-order chi connectivity index (χ0) is 19.9. The van der Waals surface area contributed by atoms with Crippen LogP contribution in [-0.4, -0.2) is 63.1 Å². The number of ether oxygens (including phenoxy) is 1. The number of amides is 3. The lowest BCUT2D eigenvalue weighted by Crippen LogP contribution is -2.39. The molecule has 3 unspecified atom stereocenters. The van der Waals surface area contributed by atoms with Gasteiger partial charge in [0.2, 0.25) is 5.91 Å². The van der Waals surface area contributed by atoms with Crippen LogP contribution < -0.4 is 16.0 Å². The molecule has 9 nitrogen and oxygen atoms in total. The van der Waals surface area contributed by atoms with Crippen LogP contribution in [0.1, 0.15) is 51.4 Å². The lowest BCUT2D eigenvalue weighted by atomic mass is 10.0. The molecule has 0 saturated carbocycles. The van der Waals surface area contributed by atoms with Crippen LogP contribution in [0.2, 0.25) is 0 Å². The second kappa shape index (κ2) is 9.91. The molecular weight excluding hydrogens is 374 g/mol. The Bertz CT molecular complexity index is 651. The van der Waals surface area contributed by atoms with Gasteiger partial charge in [-0.25, -0.2) is 13.2 Å². The normalized spacial score (nSPS) is 25.4. The van der Waals surface area contributed by atoms with Gasteiger partial charge in [-0.15, -0.1) is 0 Å². The quantitative estimate of drug-likeness (QED) is 0.257. The van der Waals surface area contributed by atoms with E-state index in [0.717, 1.165) is 19.3 Å². The zero-order valence-electron chi connectivity index (χ0n) is 15.7. The summed E-state index contributed by atoms with van der Waals surface area (Å²) in [5, 5.41) is 7.59. The zero-order valence-corrected chi connectivity index (χ0v) is 16.5. The minimum Gasteiger partial charge on any atom is -0.469 e. The average molecular weight is 404 g/mol. The Kier molecular flexibility index (Phi) is 7.88. The lowest BCUT2D eigenvalue weighted by molar-refractivity contribution is -0.140. The molecule has 2 saturated heterocycles. The third-order valence-corrected chi connectivity index (χ3v) is 7.35. The number of hydrogen-bond donors (Lipinski definition) is 3. The molecule has 2 rings (SSSR count). The van der Waals surface area contributed by atoms with Crippen molar-refractivity contribution >= 4 is 27.7 Å². The van der Waals surface area contributed by atoms with Crippen molar-refractivity contribution in [1.82, 2.24) is 16.0 Å². The highest BCUT2D eigenvalue weighted by molar-refractivity contribution is 7.92. The topological polar surface area (TPSA) is 131 Å². The highest BCUT2D eigenvalue weighted by atomic mass is 32.2. The van der Waals surface area contributed by atoms with Gasteiger partial charge in [-0.3, -0.25) is 9.59 Å². The lowest BCUT2D eigenvalue weighted by Gasteiger charge is -2.16. The second-order valence-electron chi connectivity index (χ2n) is 7.10. The first kappa shape index (κ1) is 21.5. The Morgan fingerprint density at radius 3 is 2.59 bits per heavy atom. The van der Waals surface area contributed by atoms with Gasteiger partial charge in [0.1, 0.15) is 0 Å². The fraction of sp³-hybridized carbons (Fsp3) is 0.824. The molecule has 2 aliphatic rings. The summed E-state index contributed by atoms with van der Waals surface area (Å²) in [5.74, 6) is -0.286. The predicted octanol–water partition coefficient (Wildman–Crippen LogP) is 0.243. The number of rotatable bonds is 11. The number of unbranched alkanes of at least 4 members (excludes halogenated alkanes) is 3. The van der Waals surface area contributed by atoms with Crippen LogP contribution in [0.4, 0.5) is 4.79 Å². The van der Waals surface area contributed by atoms with Crippen molar-refractivity contribution in [1.29, 1.82) is 0 Å². The van der Waals surface area contributed by atoms with Crippen LogP contribution in [0, 0.1) is 0 Å². The summed E-state index contributed by atoms with van der Waals surface area (Å²) in [5.41, 5.74) is 0. The summed E-state index contributed by atoms with van der Waals surface area (Å²) in [6.07, 6.45) is 4.82. The number of sulfone groups is 1. The molecule has 27 heavy (non-hydrogen) atoms. The van der Waals surface area contributed by atoms with Crippen molar-refractivity contribution in [2.45, 2.75) is 68.7 Å². The fourth-order valence-electron chi connectivity index (χ4n) is 3.63. The average Bonchev–Trinajstić information content (AvgIpc) is 3.06. The molecule has 2 heterocycles. The Labute approximate surface area is 159 Å². The maximum absolute atomic E-state index is 12.2. The van der Waals surface area contributed by atoms with E-state index in [4.69, 9.17) is 0 Å². The number of fused-ring (bicyclic) bond motifs is 1. The van der Waals surface area contributed by atoms with E-state index in [1.807, 2.05) is 0 Å². The summed E-state index contributed by atoms with van der Waals surface area (Å²) >= 11 is 0. The monoisotopic (exact) mass is 403 g/mol. The molecule has 2 aliphatic heterocycles. The van der Waals surface area contributed by atoms with Crippen molar-refractivity contribution < 1.29 is 27.5 Å². The standard InChI is InChI=1S/C17H29N3O6S/c1-26-15(22)9-3-2-6-10-18-14(21)8-5-4-7-13-16-12(11-27(13,24)25)19-17(23)20-16/h12-13,16H,2-11H2,1H3,(H,18,21)(H2,19,20,23). The van der Waals surface area contributed by atoms with Gasteiger partial charge in [0.05, 0.1) is 30.2 Å². The first-order chi connectivity index (χ1) is 12.8. The van der Waals surface area contributed by atoms with E-state index in [2.05, 4.69) is 20.7 Å². The molecule has 3 amide bonds. The molecule has 3 atom stereocenters. The number of carbonyl (C=O) groups excluding carboxylic acids is 3. The number of hydrogen-bond acceptors (Lipinski definition) is 6. The van der Waals surface area contributed by atoms with Crippen molar-refractivity contribution in [3.05, 3.63) is 0 Å². The van der Waals surface area contributed by atoms with E-state index in [-0.39, 0.29) is 35.7 Å². The molecule has 0 aromatic heterocycles. The van der Waals surface area contributed by atoms with Crippen LogP contribution in [0.3, 0.4) is 0 Å². The highest BCUT2D eigenvalue weighted by Gasteiger charge is 2.51. The van der Waals surface area contributed by atoms with E-state index in [9.17, 15) is 22.8 Å². The molecule has 2 fully saturated rings. The molecule has 0 bridgehead atoms. The second-order valence-corrected chi connectivity index (χ2v) is 9.37. The third-order valence-electron chi connectivity index (χ3n) is 5.07. The van der Waals surface area contributed by atoms with Crippen LogP contribution >= 0.6 is 0 Å². The van der Waals surface area contributed by atoms with Gasteiger partial charge in [0.15, 0.2) is 9.84 Å². The number of carbonyl (C=O) groups is 3. The van der Waals surface area contributed by atoms with Crippen molar-refractivity contribution in [2.75, 3.05) is 19.4 Å². The molecular formula is C17H29N3O6S. The number of esters is 1. The summed E-state index contributed by atoms with van der Waals surface area (Å²) in [4.78, 5) is 34.1. The largest absolute Gasteiger partial charge is 0.469 e. The van der Waals surface area contributed by atoms with Gasteiger partial charge in [0.25, 0.3) is 0 Å². The summed E-state index contributed by atoms with van der Waals surface area (Å²) < 4.78 is 29.0. The maximum atomic E-state index is 12.2. The summed E-state index contributed by atoms with van der Waals surface area (Å²) in [6.45, 7) is 0.568. The first-order valence-corrected chi connectivity index (χ1v) is 11.2. The minimum absolute atomic E-state index is 0.0163.